The molecule has 0 aromatic heterocycles. The Kier molecular flexibility index (Phi) is 4.07. The van der Waals surface area contributed by atoms with Gasteiger partial charge in [0.1, 0.15) is 0 Å². The van der Waals surface area contributed by atoms with Crippen molar-refractivity contribution >= 4 is 15.7 Å². The molecule has 1 saturated heterocycles. The van der Waals surface area contributed by atoms with Gasteiger partial charge in [-0.3, -0.25) is 4.79 Å². The van der Waals surface area contributed by atoms with Gasteiger partial charge in [-0.15, -0.1) is 0 Å². The zero-order valence-corrected chi connectivity index (χ0v) is 11.5. The van der Waals surface area contributed by atoms with Crippen molar-refractivity contribution in [2.75, 3.05) is 31.1 Å². The van der Waals surface area contributed by atoms with Crippen LogP contribution in [-0.2, 0) is 14.6 Å². The zero-order valence-electron chi connectivity index (χ0n) is 10.7. The topological polar surface area (TPSA) is 66.5 Å². The van der Waals surface area contributed by atoms with E-state index in [-0.39, 0.29) is 29.9 Å². The van der Waals surface area contributed by atoms with Gasteiger partial charge in [-0.1, -0.05) is 11.6 Å². The maximum absolute atomic E-state index is 12.1. The van der Waals surface area contributed by atoms with E-state index in [0.717, 1.165) is 13.0 Å². The van der Waals surface area contributed by atoms with Crippen LogP contribution in [0.3, 0.4) is 0 Å². The second-order valence-electron chi connectivity index (χ2n) is 5.12. The van der Waals surface area contributed by atoms with Crippen molar-refractivity contribution in [3.05, 3.63) is 11.6 Å². The second-order valence-corrected chi connectivity index (χ2v) is 7.35. The molecule has 1 unspecified atom stereocenters. The quantitative estimate of drug-likeness (QED) is 0.715. The van der Waals surface area contributed by atoms with Crippen LogP contribution >= 0.6 is 0 Å². The first-order chi connectivity index (χ1) is 8.46. The highest BCUT2D eigenvalue weighted by molar-refractivity contribution is 7.91. The van der Waals surface area contributed by atoms with Crippen LogP contribution in [-0.4, -0.2) is 56.4 Å². The molecule has 0 radical (unpaired) electrons. The average Bonchev–Trinajstić information content (AvgIpc) is 2.27. The monoisotopic (exact) mass is 272 g/mol. The van der Waals surface area contributed by atoms with Crippen LogP contribution in [0.25, 0.3) is 0 Å². The van der Waals surface area contributed by atoms with Crippen molar-refractivity contribution in [3.8, 4) is 0 Å². The van der Waals surface area contributed by atoms with Crippen molar-refractivity contribution in [2.24, 2.45) is 0 Å². The van der Waals surface area contributed by atoms with Gasteiger partial charge in [0.25, 0.3) is 0 Å². The lowest BCUT2D eigenvalue weighted by Gasteiger charge is -2.29. The maximum atomic E-state index is 12.1. The van der Waals surface area contributed by atoms with Crippen LogP contribution in [0.4, 0.5) is 0 Å². The molecule has 0 spiro atoms. The van der Waals surface area contributed by atoms with Crippen LogP contribution in [0, 0.1) is 0 Å². The number of nitrogens with zero attached hydrogens (tertiary/aromatic N) is 1. The summed E-state index contributed by atoms with van der Waals surface area (Å²) in [5.41, 5.74) is 1.21. The van der Waals surface area contributed by atoms with Crippen LogP contribution in [0.1, 0.15) is 19.8 Å². The summed E-state index contributed by atoms with van der Waals surface area (Å²) in [5.74, 6) is 0.321. The molecule has 102 valence electrons. The summed E-state index contributed by atoms with van der Waals surface area (Å²) in [6, 6.07) is -0.220. The van der Waals surface area contributed by atoms with Crippen LogP contribution < -0.4 is 5.32 Å². The first kappa shape index (κ1) is 13.5. The highest BCUT2D eigenvalue weighted by atomic mass is 32.2. The Bertz CT molecular complexity index is 456. The summed E-state index contributed by atoms with van der Waals surface area (Å²) in [5, 5.41) is 3.11. The molecule has 2 aliphatic heterocycles. The molecular formula is C12H20N2O3S. The van der Waals surface area contributed by atoms with Crippen molar-refractivity contribution in [1.29, 1.82) is 0 Å². The molecule has 0 aliphatic carbocycles. The van der Waals surface area contributed by atoms with E-state index in [1.165, 1.54) is 5.57 Å². The zero-order chi connectivity index (χ0) is 13.2. The minimum atomic E-state index is -2.96. The first-order valence-corrected chi connectivity index (χ1v) is 8.15. The highest BCUT2D eigenvalue weighted by Crippen LogP contribution is 2.12. The first-order valence-electron chi connectivity index (χ1n) is 6.33. The third kappa shape index (κ3) is 3.55. The number of nitrogens with one attached hydrogen (secondary N) is 1. The lowest BCUT2D eigenvalue weighted by molar-refractivity contribution is -0.131. The average molecular weight is 272 g/mol. The van der Waals surface area contributed by atoms with E-state index in [2.05, 4.69) is 11.4 Å². The van der Waals surface area contributed by atoms with Crippen molar-refractivity contribution in [3.63, 3.8) is 0 Å². The molecule has 1 fully saturated rings. The fourth-order valence-electron chi connectivity index (χ4n) is 2.46. The van der Waals surface area contributed by atoms with E-state index in [1.807, 2.05) is 11.8 Å². The molecule has 1 N–H and O–H groups in total. The van der Waals surface area contributed by atoms with Gasteiger partial charge >= 0.3 is 0 Å². The van der Waals surface area contributed by atoms with E-state index in [4.69, 9.17) is 0 Å². The summed E-state index contributed by atoms with van der Waals surface area (Å²) in [6.07, 6.45) is 3.33. The molecule has 1 amide bonds. The van der Waals surface area contributed by atoms with E-state index >= 15 is 0 Å². The van der Waals surface area contributed by atoms with Gasteiger partial charge < -0.3 is 10.2 Å². The lowest BCUT2D eigenvalue weighted by Crippen LogP contribution is -2.48. The third-order valence-electron chi connectivity index (χ3n) is 3.41. The molecule has 2 aliphatic rings. The summed E-state index contributed by atoms with van der Waals surface area (Å²) in [7, 11) is -2.96. The molecule has 2 heterocycles. The van der Waals surface area contributed by atoms with Gasteiger partial charge in [-0.25, -0.2) is 8.42 Å². The molecule has 5 nitrogen and oxygen atoms in total. The normalized spacial score (nSPS) is 27.7. The van der Waals surface area contributed by atoms with Gasteiger partial charge in [0.05, 0.1) is 11.5 Å². The molecular weight excluding hydrogens is 252 g/mol. The Hall–Kier alpha value is -0.880. The van der Waals surface area contributed by atoms with Gasteiger partial charge in [-0.2, -0.15) is 0 Å². The van der Waals surface area contributed by atoms with E-state index in [0.29, 0.717) is 13.1 Å². The van der Waals surface area contributed by atoms with Crippen LogP contribution in [0.2, 0.25) is 0 Å². The summed E-state index contributed by atoms with van der Waals surface area (Å²) in [6.45, 7) is 3.90. The number of hydrogen-bond donors (Lipinski definition) is 1. The van der Waals surface area contributed by atoms with Crippen molar-refractivity contribution in [1.82, 2.24) is 10.2 Å². The fourth-order valence-corrected chi connectivity index (χ4v) is 3.91. The molecule has 2 rings (SSSR count). The second kappa shape index (κ2) is 5.40. The van der Waals surface area contributed by atoms with E-state index in [9.17, 15) is 13.2 Å². The number of carbonyl (C=O) groups excluding carboxylic acids is 1. The summed E-state index contributed by atoms with van der Waals surface area (Å²) in [4.78, 5) is 13.9. The SMILES string of the molecule is CC1=CCCN(C(=O)CC2CS(=O)(=O)CCN2)C1. The van der Waals surface area contributed by atoms with Crippen molar-refractivity contribution in [2.45, 2.75) is 25.8 Å². The largest absolute Gasteiger partial charge is 0.338 e. The molecule has 0 saturated carbocycles. The molecule has 18 heavy (non-hydrogen) atoms. The number of amides is 1. The van der Waals surface area contributed by atoms with Crippen molar-refractivity contribution < 1.29 is 13.2 Å². The molecule has 0 aromatic rings. The number of sulfone groups is 1. The van der Waals surface area contributed by atoms with Gasteiger partial charge in [0.2, 0.25) is 5.91 Å². The van der Waals surface area contributed by atoms with Gasteiger partial charge in [-0.05, 0) is 13.3 Å². The Balaban J connectivity index is 1.89. The Morgan fingerprint density at radius 2 is 2.33 bits per heavy atom. The van der Waals surface area contributed by atoms with E-state index in [1.54, 1.807) is 0 Å². The minimum Gasteiger partial charge on any atom is -0.338 e. The van der Waals surface area contributed by atoms with Crippen LogP contribution in [0.15, 0.2) is 11.6 Å². The number of rotatable bonds is 2. The molecule has 0 bridgehead atoms. The van der Waals surface area contributed by atoms with Gasteiger partial charge in [0, 0.05) is 32.1 Å². The Morgan fingerprint density at radius 3 is 3.00 bits per heavy atom. The smallest absolute Gasteiger partial charge is 0.224 e. The molecule has 6 heteroatoms. The molecule has 1 atom stereocenters. The minimum absolute atomic E-state index is 0.0528. The summed E-state index contributed by atoms with van der Waals surface area (Å²) < 4.78 is 23.0. The Labute approximate surface area is 108 Å². The summed E-state index contributed by atoms with van der Waals surface area (Å²) >= 11 is 0. The predicted molar refractivity (Wildman–Crippen MR) is 70.0 cm³/mol. The number of hydrogen-bond acceptors (Lipinski definition) is 4. The standard InChI is InChI=1S/C12H20N2O3S/c1-10-3-2-5-14(8-10)12(15)7-11-9-18(16,17)6-4-13-11/h3,11,13H,2,4-9H2,1H3. The third-order valence-corrected chi connectivity index (χ3v) is 5.14. The maximum Gasteiger partial charge on any atom is 0.224 e. The number of carbonyl (C=O) groups is 1. The highest BCUT2D eigenvalue weighted by Gasteiger charge is 2.27. The lowest BCUT2D eigenvalue weighted by atomic mass is 10.1. The fraction of sp³-hybridized carbons (Fsp3) is 0.750. The van der Waals surface area contributed by atoms with E-state index < -0.39 is 9.84 Å². The van der Waals surface area contributed by atoms with Gasteiger partial charge in [0.15, 0.2) is 9.84 Å². The Morgan fingerprint density at radius 1 is 1.56 bits per heavy atom. The molecule has 0 aromatic carbocycles. The van der Waals surface area contributed by atoms with Crippen LogP contribution in [0.5, 0.6) is 0 Å². The predicted octanol–water partition coefficient (Wildman–Crippen LogP) is -0.0583.